The van der Waals surface area contributed by atoms with E-state index < -0.39 is 13.1 Å². The third-order valence-electron chi connectivity index (χ3n) is 8.66. The molecule has 3 nitrogen and oxygen atoms in total. The van der Waals surface area contributed by atoms with Crippen LogP contribution in [0.4, 0.5) is 0 Å². The van der Waals surface area contributed by atoms with Crippen LogP contribution in [0.3, 0.4) is 0 Å². The average molecular weight is 584 g/mol. The lowest BCUT2D eigenvalue weighted by molar-refractivity contribution is 0.262. The topological polar surface area (TPSA) is 60.7 Å². The Morgan fingerprint density at radius 2 is 1.00 bits per heavy atom. The Balaban J connectivity index is 3.38. The van der Waals surface area contributed by atoms with E-state index in [0.717, 1.165) is 40.7 Å². The van der Waals surface area contributed by atoms with E-state index in [1.807, 2.05) is 0 Å². The Bertz CT molecular complexity index is 1150. The van der Waals surface area contributed by atoms with E-state index in [0.29, 0.717) is 6.42 Å². The largest absolute Gasteiger partial charge is 0.420 e. The monoisotopic (exact) mass is 583 g/mol. The molecule has 0 heterocycles. The third-order valence-corrected chi connectivity index (χ3v) is 10.4. The Hall–Kier alpha value is -1.51. The van der Waals surface area contributed by atoms with Gasteiger partial charge in [-0.05, 0) is 56.8 Å². The standard InChI is InChI=1S/C37H60O3P/c1-16-18-25(3)28(17-2)37(41(38,39)40,29-21-19-26(33(4,5)6)23-31(29)35(10,11)12)30-22-20-27(34(7,8)9)24-32(30)36(13,14)15/h19-24,28,38-40H,3,16-18H2,1-2,4-15H3/q+1. The first-order valence-corrected chi connectivity index (χ1v) is 17.1. The summed E-state index contributed by atoms with van der Waals surface area (Å²) in [5, 5.41) is -1.48. The highest BCUT2D eigenvalue weighted by atomic mass is 31.2. The van der Waals surface area contributed by atoms with Gasteiger partial charge in [0.25, 0.3) is 0 Å². The molecule has 2 aromatic rings. The quantitative estimate of drug-likeness (QED) is 0.214. The van der Waals surface area contributed by atoms with Crippen molar-refractivity contribution >= 4 is 7.94 Å². The van der Waals surface area contributed by atoms with Crippen LogP contribution in [0.2, 0.25) is 0 Å². The summed E-state index contributed by atoms with van der Waals surface area (Å²) in [5.41, 5.74) is 6.09. The first-order chi connectivity index (χ1) is 18.3. The number of hydrogen-bond acceptors (Lipinski definition) is 3. The lowest BCUT2D eigenvalue weighted by atomic mass is 9.65. The lowest BCUT2D eigenvalue weighted by Gasteiger charge is -2.45. The summed E-state index contributed by atoms with van der Waals surface area (Å²) in [7, 11) is -4.62. The molecule has 0 saturated carbocycles. The second kappa shape index (κ2) is 11.9. The van der Waals surface area contributed by atoms with Gasteiger partial charge < -0.3 is 0 Å². The predicted octanol–water partition coefficient (Wildman–Crippen LogP) is 10.2. The first kappa shape index (κ1) is 35.7. The van der Waals surface area contributed by atoms with Crippen LogP contribution in [-0.2, 0) is 26.8 Å². The van der Waals surface area contributed by atoms with Gasteiger partial charge in [-0.1, -0.05) is 152 Å². The molecule has 2 aromatic carbocycles. The fraction of sp³-hybridized carbons (Fsp3) is 0.622. The summed E-state index contributed by atoms with van der Waals surface area (Å²) in [5.74, 6) is -0.390. The van der Waals surface area contributed by atoms with Crippen molar-refractivity contribution in [1.82, 2.24) is 0 Å². The van der Waals surface area contributed by atoms with E-state index in [4.69, 9.17) is 0 Å². The maximum Gasteiger partial charge on any atom is 0.420 e. The second-order valence-electron chi connectivity index (χ2n) is 16.2. The van der Waals surface area contributed by atoms with Crippen LogP contribution < -0.4 is 0 Å². The molecule has 3 N–H and O–H groups in total. The normalized spacial score (nSPS) is 14.8. The summed E-state index contributed by atoms with van der Waals surface area (Å²) in [6, 6.07) is 12.8. The zero-order chi connectivity index (χ0) is 32.0. The minimum absolute atomic E-state index is 0.0913. The predicted molar refractivity (Wildman–Crippen MR) is 180 cm³/mol. The van der Waals surface area contributed by atoms with Crippen LogP contribution >= 0.6 is 7.94 Å². The van der Waals surface area contributed by atoms with Crippen molar-refractivity contribution in [3.8, 4) is 0 Å². The van der Waals surface area contributed by atoms with Crippen LogP contribution in [0.1, 0.15) is 150 Å². The molecule has 0 saturated heterocycles. The molecular weight excluding hydrogens is 523 g/mol. The molecule has 0 aliphatic heterocycles. The van der Waals surface area contributed by atoms with Crippen molar-refractivity contribution < 1.29 is 14.7 Å². The molecule has 0 amide bonds. The fourth-order valence-electron chi connectivity index (χ4n) is 6.35. The number of allylic oxidation sites excluding steroid dienone is 1. The molecule has 0 spiro atoms. The van der Waals surface area contributed by atoms with Gasteiger partial charge in [0, 0.05) is 17.0 Å². The van der Waals surface area contributed by atoms with Crippen LogP contribution in [-0.4, -0.2) is 14.7 Å². The lowest BCUT2D eigenvalue weighted by Crippen LogP contribution is -2.43. The molecular formula is C37H60O3P+. The van der Waals surface area contributed by atoms with Gasteiger partial charge in [-0.2, -0.15) is 14.7 Å². The smallest absolute Gasteiger partial charge is 0.192 e. The number of rotatable bonds is 8. The summed E-state index contributed by atoms with van der Waals surface area (Å²) < 4.78 is 0. The van der Waals surface area contributed by atoms with Gasteiger partial charge in [0.2, 0.25) is 5.16 Å². The van der Waals surface area contributed by atoms with Gasteiger partial charge in [-0.15, -0.1) is 0 Å². The summed E-state index contributed by atoms with van der Waals surface area (Å²) in [6.07, 6.45) is 2.25. The molecule has 0 aliphatic carbocycles. The van der Waals surface area contributed by atoms with Crippen molar-refractivity contribution in [2.45, 2.75) is 143 Å². The first-order valence-electron chi connectivity index (χ1n) is 15.4. The summed E-state index contributed by atoms with van der Waals surface area (Å²) in [4.78, 5) is 35.9. The van der Waals surface area contributed by atoms with Crippen LogP contribution in [0.25, 0.3) is 0 Å². The van der Waals surface area contributed by atoms with E-state index in [9.17, 15) is 14.7 Å². The summed E-state index contributed by atoms with van der Waals surface area (Å²) in [6.45, 7) is 34.9. The maximum atomic E-state index is 12.0. The molecule has 0 aromatic heterocycles. The Morgan fingerprint density at radius 1 is 0.634 bits per heavy atom. The fourth-order valence-corrected chi connectivity index (χ4v) is 8.17. The van der Waals surface area contributed by atoms with Gasteiger partial charge in [0.05, 0.1) is 0 Å². The third kappa shape index (κ3) is 7.18. The van der Waals surface area contributed by atoms with E-state index >= 15 is 0 Å². The highest BCUT2D eigenvalue weighted by molar-refractivity contribution is 7.60. The van der Waals surface area contributed by atoms with E-state index in [-0.39, 0.29) is 27.6 Å². The van der Waals surface area contributed by atoms with Gasteiger partial charge in [0.1, 0.15) is 0 Å². The number of hydrogen-bond donors (Lipinski definition) is 3. The molecule has 1 atom stereocenters. The average Bonchev–Trinajstić information content (AvgIpc) is 2.78. The molecule has 0 bridgehead atoms. The van der Waals surface area contributed by atoms with Gasteiger partial charge >= 0.3 is 7.94 Å². The van der Waals surface area contributed by atoms with Gasteiger partial charge in [0.15, 0.2) is 0 Å². The highest BCUT2D eigenvalue weighted by Crippen LogP contribution is 2.73. The van der Waals surface area contributed by atoms with E-state index in [1.54, 1.807) is 0 Å². The van der Waals surface area contributed by atoms with Gasteiger partial charge in [-0.25, -0.2) is 0 Å². The van der Waals surface area contributed by atoms with Crippen molar-refractivity contribution in [1.29, 1.82) is 0 Å². The van der Waals surface area contributed by atoms with Gasteiger partial charge in [-0.3, -0.25) is 0 Å². The Labute approximate surface area is 253 Å². The zero-order valence-electron chi connectivity index (χ0n) is 28.7. The van der Waals surface area contributed by atoms with Crippen molar-refractivity contribution in [3.05, 3.63) is 81.9 Å². The van der Waals surface area contributed by atoms with E-state index in [2.05, 4.69) is 140 Å². The molecule has 0 radical (unpaired) electrons. The van der Waals surface area contributed by atoms with Crippen LogP contribution in [0, 0.1) is 5.92 Å². The van der Waals surface area contributed by atoms with Crippen LogP contribution in [0.15, 0.2) is 48.6 Å². The summed E-state index contributed by atoms with van der Waals surface area (Å²) >= 11 is 0. The Kier molecular flexibility index (Phi) is 10.3. The number of benzene rings is 2. The molecule has 41 heavy (non-hydrogen) atoms. The van der Waals surface area contributed by atoms with Crippen molar-refractivity contribution in [2.24, 2.45) is 5.92 Å². The molecule has 0 fully saturated rings. The second-order valence-corrected chi connectivity index (χ2v) is 18.1. The van der Waals surface area contributed by atoms with Crippen molar-refractivity contribution in [2.75, 3.05) is 0 Å². The minimum Gasteiger partial charge on any atom is -0.192 e. The highest BCUT2D eigenvalue weighted by Gasteiger charge is 2.67. The molecule has 2 rings (SSSR count). The zero-order valence-corrected chi connectivity index (χ0v) is 29.6. The van der Waals surface area contributed by atoms with E-state index in [1.165, 1.54) is 11.1 Å². The van der Waals surface area contributed by atoms with Crippen molar-refractivity contribution in [3.63, 3.8) is 0 Å². The minimum atomic E-state index is -4.62. The SMILES string of the molecule is C=C(CCC)C(CC)C(c1ccc(C(C)(C)C)cc1C(C)(C)C)(c1ccc(C(C)(C)C)cc1C(C)(C)C)[P+](O)(O)O. The molecule has 230 valence electrons. The van der Waals surface area contributed by atoms with Crippen LogP contribution in [0.5, 0.6) is 0 Å². The Morgan fingerprint density at radius 3 is 1.24 bits per heavy atom. The molecule has 1 unspecified atom stereocenters. The molecule has 0 aliphatic rings. The molecule has 4 heteroatoms. The maximum absolute atomic E-state index is 12.0.